The Morgan fingerprint density at radius 3 is 2.35 bits per heavy atom. The molecule has 5 rings (SSSR count). The Balaban J connectivity index is 1.31. The maximum absolute atomic E-state index is 14.5. The van der Waals surface area contributed by atoms with E-state index in [0.717, 1.165) is 40.5 Å². The summed E-state index contributed by atoms with van der Waals surface area (Å²) in [6, 6.07) is 4.49. The van der Waals surface area contributed by atoms with E-state index in [1.807, 2.05) is 45.9 Å². The smallest absolute Gasteiger partial charge is 0.328 e. The third-order valence-electron chi connectivity index (χ3n) is 16.8. The molecule has 3 aliphatic rings. The summed E-state index contributed by atoms with van der Waals surface area (Å²) in [5.74, 6) is -5.90. The van der Waals surface area contributed by atoms with Gasteiger partial charge in [-0.25, -0.2) is 9.59 Å². The molecule has 6 N–H and O–H groups in total. The number of aryl methyl sites for hydroxylation is 1. The van der Waals surface area contributed by atoms with E-state index >= 15 is 0 Å². The number of benzene rings is 2. The molecule has 2 aromatic carbocycles. The first-order valence-corrected chi connectivity index (χ1v) is 30.9. The molecule has 20 nitrogen and oxygen atoms in total. The second kappa shape index (κ2) is 31.6. The predicted molar refractivity (Wildman–Crippen MR) is 329 cm³/mol. The summed E-state index contributed by atoms with van der Waals surface area (Å²) in [6.07, 6.45) is 4.58. The molecule has 3 heterocycles. The molecule has 5 amide bonds. The van der Waals surface area contributed by atoms with Gasteiger partial charge in [0.05, 0.1) is 35.7 Å². The summed E-state index contributed by atoms with van der Waals surface area (Å²) in [5.41, 5.74) is 5.79. The van der Waals surface area contributed by atoms with Gasteiger partial charge in [-0.05, 0) is 101 Å². The fourth-order valence-corrected chi connectivity index (χ4v) is 11.7. The number of aromatic hydroxyl groups is 1. The van der Waals surface area contributed by atoms with E-state index in [1.165, 1.54) is 38.1 Å². The Bertz CT molecular complexity index is 2930. The number of unbranched alkanes of at least 4 members (excludes halogenated alkanes) is 3. The van der Waals surface area contributed by atoms with Crippen LogP contribution < -0.4 is 21.3 Å². The topological polar surface area (TPSA) is 291 Å². The first kappa shape index (κ1) is 70.5. The van der Waals surface area contributed by atoms with Crippen LogP contribution >= 0.6 is 27.5 Å². The van der Waals surface area contributed by atoms with Gasteiger partial charge in [0, 0.05) is 88.1 Å². The number of ether oxygens (including phenoxy) is 4. The predicted octanol–water partition coefficient (Wildman–Crippen LogP) is 8.22. The van der Waals surface area contributed by atoms with Crippen LogP contribution in [-0.2, 0) is 65.4 Å². The number of carbonyl (C=O) groups is 9. The van der Waals surface area contributed by atoms with E-state index in [-0.39, 0.29) is 80.1 Å². The number of esters is 2. The van der Waals surface area contributed by atoms with Gasteiger partial charge in [0.25, 0.3) is 5.91 Å². The second-order valence-electron chi connectivity index (χ2n) is 23.9. The molecule has 2 fully saturated rings. The summed E-state index contributed by atoms with van der Waals surface area (Å²) in [6.45, 7) is 16.1. The number of alkyl halides is 1. The molecule has 86 heavy (non-hydrogen) atoms. The van der Waals surface area contributed by atoms with Crippen molar-refractivity contribution in [2.45, 2.75) is 186 Å². The van der Waals surface area contributed by atoms with E-state index in [4.69, 9.17) is 36.3 Å². The van der Waals surface area contributed by atoms with Crippen molar-refractivity contribution in [3.63, 3.8) is 0 Å². The van der Waals surface area contributed by atoms with Gasteiger partial charge in [-0.2, -0.15) is 0 Å². The highest BCUT2D eigenvalue weighted by molar-refractivity contribution is 9.09. The van der Waals surface area contributed by atoms with Gasteiger partial charge in [0.1, 0.15) is 47.1 Å². The van der Waals surface area contributed by atoms with Crippen LogP contribution in [0, 0.1) is 24.7 Å². The third-order valence-corrected chi connectivity index (χ3v) is 18.0. The molecule has 0 spiro atoms. The molecular formula is C64H87BrClN5O15. The van der Waals surface area contributed by atoms with Crippen molar-refractivity contribution >= 4 is 86.3 Å². The van der Waals surface area contributed by atoms with Crippen molar-refractivity contribution in [3.8, 4) is 5.75 Å². The Labute approximate surface area is 518 Å². The fourth-order valence-electron chi connectivity index (χ4n) is 11.1. The number of amides is 5. The van der Waals surface area contributed by atoms with Crippen LogP contribution in [0.2, 0.25) is 5.02 Å². The maximum Gasteiger partial charge on any atom is 0.328 e. The lowest BCUT2D eigenvalue weighted by Crippen LogP contribution is -2.53. The van der Waals surface area contributed by atoms with Gasteiger partial charge in [-0.1, -0.05) is 104 Å². The number of urea groups is 1. The molecule has 4 bridgehead atoms. The first-order valence-electron chi connectivity index (χ1n) is 29.4. The minimum Gasteiger partial charge on any atom is -0.508 e. The molecule has 22 heteroatoms. The number of primary amides is 1. The van der Waals surface area contributed by atoms with Gasteiger partial charge in [0.15, 0.2) is 11.6 Å². The number of epoxide rings is 1. The minimum absolute atomic E-state index is 0.00553. The maximum atomic E-state index is 14.5. The number of nitrogens with zero attached hydrogens (tertiary/aromatic N) is 2. The van der Waals surface area contributed by atoms with Crippen molar-refractivity contribution in [1.29, 1.82) is 0 Å². The number of fused-ring (bicyclic) bond motifs is 5. The largest absolute Gasteiger partial charge is 0.508 e. The van der Waals surface area contributed by atoms with Crippen LogP contribution in [0.4, 0.5) is 10.5 Å². The summed E-state index contributed by atoms with van der Waals surface area (Å²) in [7, 11) is 4.37. The number of anilines is 1. The normalized spacial score (nSPS) is 24.4. The highest BCUT2D eigenvalue weighted by atomic mass is 79.9. The summed E-state index contributed by atoms with van der Waals surface area (Å²) < 4.78 is 24.1. The number of hydrogen-bond donors (Lipinski definition) is 5. The molecule has 3 aliphatic heterocycles. The number of Topliss-reactive ketones (excluding diaryl/α,β-unsaturated/α-hetero) is 3. The van der Waals surface area contributed by atoms with Crippen molar-refractivity contribution in [2.24, 2.45) is 23.5 Å². The van der Waals surface area contributed by atoms with Crippen molar-refractivity contribution < 1.29 is 72.3 Å². The molecule has 10 atom stereocenters. The molecule has 0 radical (unpaired) electrons. The van der Waals surface area contributed by atoms with E-state index in [2.05, 4.69) is 33.1 Å². The molecule has 2 aromatic rings. The number of halogens is 2. The number of rotatable bonds is 26. The number of allylic oxidation sites excluding steroid dienone is 4. The van der Waals surface area contributed by atoms with Crippen LogP contribution in [0.15, 0.2) is 66.3 Å². The standard InChI is InChI=1S/C64H87BrClN5O15/c1-36(2)46(31-45(72)19-14-12-13-15-21-49(73)39(5)35-65)59(78)69-47(20-17-25-68-62(67)81)51(75)29-43-23-24-44(30-50(43)74)60(79)70(9)41(7)61(80)85-54-32-55(76)71(10)48-28-42(27-38(4)57(48)66)26-37(3)18-16-22-53(83-11)64(82)33-52(84-56(77)34-64)40(6)58-63(54,8)86-58/h16,18,22-24,27-28,30,36,40-41,46-47,52-54,58,74,82H,5,12-15,17,19-21,25-26,29,31-35H2,1-4,6-11H3,(H,69,78)(H3,67,68,81)/b22-16+,37-18+/t40-,41+,46+,47+,52+,53-,54+,58+,63+,64-/m1/s1. The molecule has 0 aliphatic carbocycles. The lowest BCUT2D eigenvalue weighted by Gasteiger charge is -2.41. The summed E-state index contributed by atoms with van der Waals surface area (Å²) in [4.78, 5) is 123. The number of phenolic OH excluding ortho intramolecular Hbond substituents is 1. The van der Waals surface area contributed by atoms with E-state index in [9.17, 15) is 53.4 Å². The third kappa shape index (κ3) is 18.9. The Morgan fingerprint density at radius 2 is 1.71 bits per heavy atom. The molecular weight excluding hydrogens is 1190 g/mol. The van der Waals surface area contributed by atoms with Gasteiger partial charge >= 0.3 is 18.0 Å². The van der Waals surface area contributed by atoms with Crippen molar-refractivity contribution in [1.82, 2.24) is 15.5 Å². The van der Waals surface area contributed by atoms with Crippen molar-refractivity contribution in [2.75, 3.05) is 38.0 Å². The molecule has 0 saturated carbocycles. The lowest BCUT2D eigenvalue weighted by atomic mass is 9.78. The molecule has 0 aromatic heterocycles. The first-order chi connectivity index (χ1) is 40.4. The average Bonchev–Trinajstić information content (AvgIpc) is 2.66. The zero-order valence-electron chi connectivity index (χ0n) is 51.3. The number of hydrogen-bond acceptors (Lipinski definition) is 15. The number of ketones is 3. The fraction of sp³-hybridized carbons (Fsp3) is 0.578. The van der Waals surface area contributed by atoms with E-state index in [1.54, 1.807) is 33.0 Å². The zero-order chi connectivity index (χ0) is 64.0. The number of methoxy groups -OCH3 is 1. The van der Waals surface area contributed by atoms with Crippen LogP contribution in [0.1, 0.15) is 146 Å². The molecule has 472 valence electrons. The quantitative estimate of drug-likeness (QED) is 0.0195. The Morgan fingerprint density at radius 1 is 1.02 bits per heavy atom. The number of nitrogens with one attached hydrogen (secondary N) is 2. The second-order valence-corrected chi connectivity index (χ2v) is 24.8. The number of phenols is 1. The van der Waals surface area contributed by atoms with Crippen molar-refractivity contribution in [3.05, 3.63) is 93.6 Å². The lowest BCUT2D eigenvalue weighted by molar-refractivity contribution is -0.187. The van der Waals surface area contributed by atoms with Gasteiger partial charge in [0.2, 0.25) is 11.8 Å². The van der Waals surface area contributed by atoms with Crippen LogP contribution in [0.25, 0.3) is 0 Å². The van der Waals surface area contributed by atoms with Crippen LogP contribution in [0.3, 0.4) is 0 Å². The van der Waals surface area contributed by atoms with Gasteiger partial charge in [-0.3, -0.25) is 33.6 Å². The van der Waals surface area contributed by atoms with Crippen LogP contribution in [0.5, 0.6) is 5.75 Å². The highest BCUT2D eigenvalue weighted by Gasteiger charge is 2.64. The summed E-state index contributed by atoms with van der Waals surface area (Å²) in [5, 5.41) is 29.4. The Hall–Kier alpha value is -6.26. The average molecular weight is 1280 g/mol. The number of nitrogens with two attached hydrogens (primary N) is 1. The SMILES string of the molecule is C=C(CBr)C(=O)CCCCCCC(=O)C[C@H](C(=O)N[C@@H](CCCNC(N)=O)C(=O)Cc1ccc(C(=O)N(C)[C@@H](C)C(=O)O[C@H]2CC(=O)N(C)c3cc(cc(C)c3Cl)C/C(C)=C/C=C/[C@@H](OC)[C@]3(O)CC(=O)O[C@@H](C3)[C@@H](C)[C@@H]3O[C@@]23C)cc1O)C(C)C. The van der Waals surface area contributed by atoms with Gasteiger partial charge in [-0.15, -0.1) is 0 Å². The van der Waals surface area contributed by atoms with Gasteiger partial charge < -0.3 is 55.3 Å². The molecule has 0 unspecified atom stereocenters. The zero-order valence-corrected chi connectivity index (χ0v) is 53.6. The van der Waals surface area contributed by atoms with E-state index in [0.29, 0.717) is 47.3 Å². The van der Waals surface area contributed by atoms with E-state index < -0.39 is 113 Å². The number of carbonyl (C=O) groups excluding carboxylic acids is 9. The highest BCUT2D eigenvalue weighted by Crippen LogP contribution is 2.50. The number of likely N-dealkylation sites (N-methyl/N-ethyl adjacent to an activating group) is 1. The minimum atomic E-state index is -1.66. The monoisotopic (exact) mass is 1280 g/mol. The Kier molecular flexibility index (Phi) is 25.9. The molecule has 2 saturated heterocycles. The summed E-state index contributed by atoms with van der Waals surface area (Å²) >= 11 is 10.1. The number of aliphatic hydroxyl groups is 1. The van der Waals surface area contributed by atoms with Crippen LogP contribution in [-0.4, -0.2) is 149 Å².